The minimum absolute atomic E-state index is 0.107. The molecule has 0 saturated carbocycles. The van der Waals surface area contributed by atoms with E-state index >= 15 is 0 Å². The molecule has 8 nitrogen and oxygen atoms in total. The van der Waals surface area contributed by atoms with E-state index in [1.165, 1.54) is 12.1 Å². The lowest BCUT2D eigenvalue weighted by Gasteiger charge is -2.39. The first-order valence-corrected chi connectivity index (χ1v) is 11.3. The molecule has 0 bridgehead atoms. The van der Waals surface area contributed by atoms with Crippen molar-refractivity contribution >= 4 is 21.5 Å². The number of rotatable bonds is 7. The van der Waals surface area contributed by atoms with Crippen LogP contribution in [0.25, 0.3) is 0 Å². The van der Waals surface area contributed by atoms with E-state index in [1.807, 2.05) is 11.8 Å². The molecule has 1 aromatic rings. The van der Waals surface area contributed by atoms with Gasteiger partial charge in [0.05, 0.1) is 15.4 Å². The minimum Gasteiger partial charge on any atom is -0.357 e. The summed E-state index contributed by atoms with van der Waals surface area (Å²) in [5, 5.41) is 13.9. The number of hydrogen-bond donors (Lipinski definition) is 1. The van der Waals surface area contributed by atoms with Gasteiger partial charge in [0.15, 0.2) is 15.8 Å². The number of aryl methyl sites for hydroxylation is 1. The predicted molar refractivity (Wildman–Crippen MR) is 111 cm³/mol. The summed E-state index contributed by atoms with van der Waals surface area (Å²) < 4.78 is 23.6. The summed E-state index contributed by atoms with van der Waals surface area (Å²) in [6, 6.07) is 6.65. The highest BCUT2D eigenvalue weighted by Crippen LogP contribution is 2.23. The number of aliphatic imine (C=N–C) groups is 1. The van der Waals surface area contributed by atoms with Gasteiger partial charge in [-0.05, 0) is 45.6 Å². The Morgan fingerprint density at radius 1 is 1.29 bits per heavy atom. The Hall–Kier alpha value is -2.16. The quantitative estimate of drug-likeness (QED) is 0.243. The van der Waals surface area contributed by atoms with E-state index in [0.717, 1.165) is 37.3 Å². The Bertz CT molecular complexity index is 804. The molecule has 0 atom stereocenters. The molecule has 9 heteroatoms. The zero-order valence-corrected chi connectivity index (χ0v) is 17.7. The molecule has 0 spiro atoms. The average Bonchev–Trinajstić information content (AvgIpc) is 2.63. The molecule has 1 aromatic carbocycles. The van der Waals surface area contributed by atoms with Gasteiger partial charge in [0, 0.05) is 38.3 Å². The van der Waals surface area contributed by atoms with Crippen molar-refractivity contribution in [1.82, 2.24) is 10.2 Å². The number of hydrogen-bond acceptors (Lipinski definition) is 5. The maximum atomic E-state index is 12.2. The van der Waals surface area contributed by atoms with Gasteiger partial charge in [-0.15, -0.1) is 0 Å². The summed E-state index contributed by atoms with van der Waals surface area (Å²) in [4.78, 5) is 17.0. The first kappa shape index (κ1) is 22.1. The van der Waals surface area contributed by atoms with Crippen LogP contribution in [-0.4, -0.2) is 60.9 Å². The van der Waals surface area contributed by atoms with Crippen molar-refractivity contribution in [2.24, 2.45) is 4.99 Å². The number of nitro benzene ring substituents is 1. The molecule has 156 valence electrons. The second kappa shape index (κ2) is 9.36. The van der Waals surface area contributed by atoms with Gasteiger partial charge in [0.25, 0.3) is 5.69 Å². The molecular formula is C19H30N4O4S. The van der Waals surface area contributed by atoms with E-state index in [1.54, 1.807) is 26.0 Å². The van der Waals surface area contributed by atoms with Crippen LogP contribution in [0.15, 0.2) is 29.3 Å². The second-order valence-corrected chi connectivity index (χ2v) is 10.4. The third kappa shape index (κ3) is 5.67. The molecule has 0 amide bonds. The fraction of sp³-hybridized carbons (Fsp3) is 0.632. The standard InChI is InChI=1S/C19H30N4O4S/c1-4-20-18(22-13-14-28(26,27)19(2,3)15-22)21-12-6-5-7-16-8-10-17(11-9-16)23(24)25/h8-11H,4-7,12-15H2,1-3H3,(H,20,21). The largest absolute Gasteiger partial charge is 0.357 e. The highest BCUT2D eigenvalue weighted by Gasteiger charge is 2.40. The van der Waals surface area contributed by atoms with Gasteiger partial charge in [-0.3, -0.25) is 15.1 Å². The molecule has 0 unspecified atom stereocenters. The summed E-state index contributed by atoms with van der Waals surface area (Å²) in [5.74, 6) is 0.908. The van der Waals surface area contributed by atoms with Crippen LogP contribution in [0.2, 0.25) is 0 Å². The molecule has 1 N–H and O–H groups in total. The highest BCUT2D eigenvalue weighted by atomic mass is 32.2. The highest BCUT2D eigenvalue weighted by molar-refractivity contribution is 7.92. The van der Waals surface area contributed by atoms with Crippen molar-refractivity contribution < 1.29 is 13.3 Å². The molecule has 0 aliphatic carbocycles. The third-order valence-electron chi connectivity index (χ3n) is 4.96. The molecule has 0 radical (unpaired) electrons. The maximum absolute atomic E-state index is 12.2. The minimum atomic E-state index is -3.08. The van der Waals surface area contributed by atoms with Gasteiger partial charge in [-0.2, -0.15) is 0 Å². The molecule has 1 fully saturated rings. The number of guanidine groups is 1. The predicted octanol–water partition coefficient (Wildman–Crippen LogP) is 2.39. The first-order valence-electron chi connectivity index (χ1n) is 9.65. The van der Waals surface area contributed by atoms with Gasteiger partial charge in [0.1, 0.15) is 0 Å². The van der Waals surface area contributed by atoms with Crippen LogP contribution >= 0.6 is 0 Å². The van der Waals surface area contributed by atoms with Gasteiger partial charge < -0.3 is 10.2 Å². The molecule has 1 aliphatic heterocycles. The lowest BCUT2D eigenvalue weighted by Crippen LogP contribution is -2.57. The number of unbranched alkanes of at least 4 members (excludes halogenated alkanes) is 1. The van der Waals surface area contributed by atoms with E-state index in [2.05, 4.69) is 10.3 Å². The zero-order valence-electron chi connectivity index (χ0n) is 16.8. The van der Waals surface area contributed by atoms with Gasteiger partial charge in [-0.25, -0.2) is 8.42 Å². The zero-order chi connectivity index (χ0) is 20.8. The van der Waals surface area contributed by atoms with E-state index in [-0.39, 0.29) is 11.4 Å². The SMILES string of the molecule is CCNC(=NCCCCc1ccc([N+](=O)[O-])cc1)N1CCS(=O)(=O)C(C)(C)C1. The van der Waals surface area contributed by atoms with E-state index in [0.29, 0.717) is 19.6 Å². The maximum Gasteiger partial charge on any atom is 0.269 e. The topological polar surface area (TPSA) is 105 Å². The van der Waals surface area contributed by atoms with Gasteiger partial charge in [-0.1, -0.05) is 12.1 Å². The molecule has 28 heavy (non-hydrogen) atoms. The lowest BCUT2D eigenvalue weighted by molar-refractivity contribution is -0.384. The van der Waals surface area contributed by atoms with Crippen LogP contribution in [0.5, 0.6) is 0 Å². The number of benzene rings is 1. The summed E-state index contributed by atoms with van der Waals surface area (Å²) in [7, 11) is -3.08. The monoisotopic (exact) mass is 410 g/mol. The van der Waals surface area contributed by atoms with Crippen LogP contribution in [0.3, 0.4) is 0 Å². The Morgan fingerprint density at radius 2 is 1.96 bits per heavy atom. The number of nitrogens with zero attached hydrogens (tertiary/aromatic N) is 3. The Balaban J connectivity index is 1.86. The molecule has 2 rings (SSSR count). The van der Waals surface area contributed by atoms with Crippen molar-refractivity contribution in [3.05, 3.63) is 39.9 Å². The molecule has 1 heterocycles. The summed E-state index contributed by atoms with van der Waals surface area (Å²) in [5.41, 5.74) is 1.18. The molecule has 0 aromatic heterocycles. The molecule has 1 saturated heterocycles. The summed E-state index contributed by atoms with van der Waals surface area (Å²) in [6.07, 6.45) is 2.67. The van der Waals surface area contributed by atoms with Crippen LogP contribution in [0.4, 0.5) is 5.69 Å². The number of nitrogens with one attached hydrogen (secondary N) is 1. The van der Waals surface area contributed by atoms with Crippen molar-refractivity contribution in [2.75, 3.05) is 31.9 Å². The van der Waals surface area contributed by atoms with Crippen molar-refractivity contribution in [2.45, 2.75) is 44.8 Å². The van der Waals surface area contributed by atoms with Crippen molar-refractivity contribution in [1.29, 1.82) is 0 Å². The summed E-state index contributed by atoms with van der Waals surface area (Å²) >= 11 is 0. The average molecular weight is 411 g/mol. The Labute approximate surface area is 167 Å². The normalized spacial score (nSPS) is 18.7. The van der Waals surface area contributed by atoms with Crippen LogP contribution < -0.4 is 5.32 Å². The van der Waals surface area contributed by atoms with Crippen molar-refractivity contribution in [3.8, 4) is 0 Å². The van der Waals surface area contributed by atoms with E-state index < -0.39 is 19.5 Å². The van der Waals surface area contributed by atoms with Crippen molar-refractivity contribution in [3.63, 3.8) is 0 Å². The van der Waals surface area contributed by atoms with E-state index in [9.17, 15) is 18.5 Å². The summed E-state index contributed by atoms with van der Waals surface area (Å²) in [6.45, 7) is 7.80. The van der Waals surface area contributed by atoms with Crippen LogP contribution in [-0.2, 0) is 16.3 Å². The number of sulfone groups is 1. The van der Waals surface area contributed by atoms with Gasteiger partial charge in [0.2, 0.25) is 0 Å². The first-order chi connectivity index (χ1) is 13.2. The fourth-order valence-corrected chi connectivity index (χ4v) is 4.53. The fourth-order valence-electron chi connectivity index (χ4n) is 3.16. The second-order valence-electron chi connectivity index (χ2n) is 7.62. The smallest absolute Gasteiger partial charge is 0.269 e. The Morgan fingerprint density at radius 3 is 2.54 bits per heavy atom. The Kier molecular flexibility index (Phi) is 7.40. The van der Waals surface area contributed by atoms with Crippen LogP contribution in [0.1, 0.15) is 39.2 Å². The number of nitro groups is 1. The van der Waals surface area contributed by atoms with E-state index in [4.69, 9.17) is 0 Å². The third-order valence-corrected chi connectivity index (χ3v) is 7.49. The lowest BCUT2D eigenvalue weighted by atomic mass is 10.1. The van der Waals surface area contributed by atoms with Gasteiger partial charge >= 0.3 is 0 Å². The molecular weight excluding hydrogens is 380 g/mol. The van der Waals surface area contributed by atoms with Crippen LogP contribution in [0, 0.1) is 10.1 Å². The molecule has 1 aliphatic rings. The number of non-ortho nitro benzene ring substituents is 1.